The fourth-order valence-corrected chi connectivity index (χ4v) is 2.09. The molecule has 0 aromatic rings. The van der Waals surface area contributed by atoms with Crippen LogP contribution in [-0.2, 0) is 0 Å². The first kappa shape index (κ1) is 9.96. The molecule has 12 heavy (non-hydrogen) atoms. The molecule has 1 aliphatic rings. The number of nitrogens with zero attached hydrogens (tertiary/aromatic N) is 1. The summed E-state index contributed by atoms with van der Waals surface area (Å²) in [5.41, 5.74) is 5.58. The highest BCUT2D eigenvalue weighted by Gasteiger charge is 2.27. The molecular weight excluding hydrogens is 152 g/mol. The van der Waals surface area contributed by atoms with E-state index in [2.05, 4.69) is 11.8 Å². The lowest BCUT2D eigenvalue weighted by Crippen LogP contribution is -2.45. The molecule has 0 amide bonds. The second-order valence-corrected chi connectivity index (χ2v) is 3.51. The maximum absolute atomic E-state index is 9.08. The summed E-state index contributed by atoms with van der Waals surface area (Å²) in [6.07, 6.45) is 3.71. The zero-order chi connectivity index (χ0) is 8.97. The van der Waals surface area contributed by atoms with Gasteiger partial charge in [0.2, 0.25) is 0 Å². The van der Waals surface area contributed by atoms with Crippen LogP contribution in [0.25, 0.3) is 0 Å². The SMILES string of the molecule is CCC1CCCN1C(CN)CO. The molecule has 1 rings (SSSR count). The summed E-state index contributed by atoms with van der Waals surface area (Å²) in [7, 11) is 0. The third-order valence-corrected chi connectivity index (χ3v) is 2.85. The molecule has 0 aliphatic carbocycles. The van der Waals surface area contributed by atoms with Gasteiger partial charge in [0.25, 0.3) is 0 Å². The minimum absolute atomic E-state index is 0.192. The van der Waals surface area contributed by atoms with Crippen LogP contribution >= 0.6 is 0 Å². The zero-order valence-electron chi connectivity index (χ0n) is 7.87. The number of likely N-dealkylation sites (tertiary alicyclic amines) is 1. The zero-order valence-corrected chi connectivity index (χ0v) is 7.87. The number of hydrogen-bond acceptors (Lipinski definition) is 3. The highest BCUT2D eigenvalue weighted by atomic mass is 16.3. The number of aliphatic hydroxyl groups is 1. The predicted molar refractivity (Wildman–Crippen MR) is 49.9 cm³/mol. The van der Waals surface area contributed by atoms with Crippen molar-refractivity contribution in [3.63, 3.8) is 0 Å². The van der Waals surface area contributed by atoms with Crippen molar-refractivity contribution < 1.29 is 5.11 Å². The fraction of sp³-hybridized carbons (Fsp3) is 1.00. The van der Waals surface area contributed by atoms with Gasteiger partial charge in [-0.2, -0.15) is 0 Å². The van der Waals surface area contributed by atoms with Gasteiger partial charge in [0, 0.05) is 18.6 Å². The first-order chi connectivity index (χ1) is 5.83. The van der Waals surface area contributed by atoms with Gasteiger partial charge >= 0.3 is 0 Å². The molecule has 0 spiro atoms. The van der Waals surface area contributed by atoms with Gasteiger partial charge in [0.05, 0.1) is 6.61 Å². The van der Waals surface area contributed by atoms with Crippen LogP contribution < -0.4 is 5.73 Å². The molecule has 0 saturated carbocycles. The van der Waals surface area contributed by atoms with Gasteiger partial charge in [0.15, 0.2) is 0 Å². The molecule has 3 nitrogen and oxygen atoms in total. The second kappa shape index (κ2) is 4.80. The van der Waals surface area contributed by atoms with Gasteiger partial charge in [-0.15, -0.1) is 0 Å². The quantitative estimate of drug-likeness (QED) is 0.636. The molecule has 3 heteroatoms. The van der Waals surface area contributed by atoms with Crippen LogP contribution in [0.5, 0.6) is 0 Å². The van der Waals surface area contributed by atoms with E-state index in [9.17, 15) is 0 Å². The maximum Gasteiger partial charge on any atom is 0.0599 e. The van der Waals surface area contributed by atoms with Crippen molar-refractivity contribution >= 4 is 0 Å². The van der Waals surface area contributed by atoms with E-state index in [-0.39, 0.29) is 12.6 Å². The van der Waals surface area contributed by atoms with Crippen LogP contribution in [0.15, 0.2) is 0 Å². The van der Waals surface area contributed by atoms with E-state index in [0.29, 0.717) is 12.6 Å². The van der Waals surface area contributed by atoms with Gasteiger partial charge in [-0.3, -0.25) is 4.90 Å². The van der Waals surface area contributed by atoms with Crippen molar-refractivity contribution in [1.29, 1.82) is 0 Å². The van der Waals surface area contributed by atoms with Gasteiger partial charge in [-0.25, -0.2) is 0 Å². The Morgan fingerprint density at radius 3 is 2.92 bits per heavy atom. The van der Waals surface area contributed by atoms with E-state index in [1.54, 1.807) is 0 Å². The van der Waals surface area contributed by atoms with E-state index >= 15 is 0 Å². The standard InChI is InChI=1S/C9H20N2O/c1-2-8-4-3-5-11(8)9(6-10)7-12/h8-9,12H,2-7,10H2,1H3. The molecular formula is C9H20N2O. The van der Waals surface area contributed by atoms with Crippen molar-refractivity contribution in [3.8, 4) is 0 Å². The van der Waals surface area contributed by atoms with Gasteiger partial charge in [-0.05, 0) is 25.8 Å². The van der Waals surface area contributed by atoms with E-state index < -0.39 is 0 Å². The average Bonchev–Trinajstić information content (AvgIpc) is 2.55. The highest BCUT2D eigenvalue weighted by Crippen LogP contribution is 2.21. The summed E-state index contributed by atoms with van der Waals surface area (Å²) in [6, 6.07) is 0.850. The second-order valence-electron chi connectivity index (χ2n) is 3.51. The van der Waals surface area contributed by atoms with Crippen LogP contribution in [0.3, 0.4) is 0 Å². The lowest BCUT2D eigenvalue weighted by atomic mass is 10.1. The van der Waals surface area contributed by atoms with Gasteiger partial charge in [0.1, 0.15) is 0 Å². The first-order valence-corrected chi connectivity index (χ1v) is 4.90. The molecule has 72 valence electrons. The Morgan fingerprint density at radius 2 is 2.42 bits per heavy atom. The summed E-state index contributed by atoms with van der Waals surface area (Å²) in [5, 5.41) is 9.08. The van der Waals surface area contributed by atoms with Crippen molar-refractivity contribution in [2.45, 2.75) is 38.3 Å². The van der Waals surface area contributed by atoms with Crippen molar-refractivity contribution in [2.24, 2.45) is 5.73 Å². The third kappa shape index (κ3) is 1.97. The molecule has 0 aromatic carbocycles. The largest absolute Gasteiger partial charge is 0.395 e. The molecule has 1 fully saturated rings. The van der Waals surface area contributed by atoms with Gasteiger partial charge < -0.3 is 10.8 Å². The van der Waals surface area contributed by atoms with Crippen LogP contribution in [-0.4, -0.2) is 41.8 Å². The minimum atomic E-state index is 0.192. The monoisotopic (exact) mass is 172 g/mol. The number of aliphatic hydroxyl groups excluding tert-OH is 1. The summed E-state index contributed by atoms with van der Waals surface area (Å²) < 4.78 is 0. The van der Waals surface area contributed by atoms with E-state index in [1.165, 1.54) is 19.3 Å². The lowest BCUT2D eigenvalue weighted by Gasteiger charge is -2.30. The maximum atomic E-state index is 9.08. The number of nitrogens with two attached hydrogens (primary N) is 1. The Labute approximate surface area is 74.5 Å². The summed E-state index contributed by atoms with van der Waals surface area (Å²) in [5.74, 6) is 0. The molecule has 0 bridgehead atoms. The lowest BCUT2D eigenvalue weighted by molar-refractivity contribution is 0.115. The summed E-state index contributed by atoms with van der Waals surface area (Å²) in [6.45, 7) is 4.09. The van der Waals surface area contributed by atoms with Crippen LogP contribution in [0.2, 0.25) is 0 Å². The molecule has 1 aliphatic heterocycles. The normalized spacial score (nSPS) is 27.8. The van der Waals surface area contributed by atoms with Crippen molar-refractivity contribution in [2.75, 3.05) is 19.7 Å². The highest BCUT2D eigenvalue weighted by molar-refractivity contribution is 4.84. The Kier molecular flexibility index (Phi) is 3.98. The Morgan fingerprint density at radius 1 is 1.67 bits per heavy atom. The van der Waals surface area contributed by atoms with Crippen molar-refractivity contribution in [3.05, 3.63) is 0 Å². The molecule has 0 aromatic heterocycles. The smallest absolute Gasteiger partial charge is 0.0599 e. The average molecular weight is 172 g/mol. The molecule has 1 saturated heterocycles. The number of rotatable bonds is 4. The predicted octanol–water partition coefficient (Wildman–Crippen LogP) is 0.180. The van der Waals surface area contributed by atoms with E-state index in [1.807, 2.05) is 0 Å². The third-order valence-electron chi connectivity index (χ3n) is 2.85. The summed E-state index contributed by atoms with van der Waals surface area (Å²) in [4.78, 5) is 2.36. The van der Waals surface area contributed by atoms with E-state index in [0.717, 1.165) is 6.54 Å². The molecule has 3 N–H and O–H groups in total. The number of hydrogen-bond donors (Lipinski definition) is 2. The van der Waals surface area contributed by atoms with Gasteiger partial charge in [-0.1, -0.05) is 6.92 Å². The minimum Gasteiger partial charge on any atom is -0.395 e. The Bertz CT molecular complexity index is 126. The van der Waals surface area contributed by atoms with Crippen molar-refractivity contribution in [1.82, 2.24) is 4.90 Å². The fourth-order valence-electron chi connectivity index (χ4n) is 2.09. The van der Waals surface area contributed by atoms with E-state index in [4.69, 9.17) is 10.8 Å². The molecule has 2 atom stereocenters. The molecule has 0 radical (unpaired) electrons. The molecule has 2 unspecified atom stereocenters. The topological polar surface area (TPSA) is 49.5 Å². The Hall–Kier alpha value is -0.120. The summed E-state index contributed by atoms with van der Waals surface area (Å²) >= 11 is 0. The van der Waals surface area contributed by atoms with Crippen LogP contribution in [0.1, 0.15) is 26.2 Å². The molecule has 1 heterocycles. The van der Waals surface area contributed by atoms with Crippen LogP contribution in [0, 0.1) is 0 Å². The van der Waals surface area contributed by atoms with Crippen LogP contribution in [0.4, 0.5) is 0 Å². The Balaban J connectivity index is 2.47. The first-order valence-electron chi connectivity index (χ1n) is 4.90.